The van der Waals surface area contributed by atoms with Gasteiger partial charge in [0.05, 0.1) is 5.69 Å². The van der Waals surface area contributed by atoms with Crippen molar-refractivity contribution in [3.05, 3.63) is 70.9 Å². The summed E-state index contributed by atoms with van der Waals surface area (Å²) < 4.78 is 0. The van der Waals surface area contributed by atoms with Crippen LogP contribution in [0.5, 0.6) is 0 Å². The summed E-state index contributed by atoms with van der Waals surface area (Å²) in [4.78, 5) is 11.0. The molecule has 0 fully saturated rings. The maximum absolute atomic E-state index is 5.98. The summed E-state index contributed by atoms with van der Waals surface area (Å²) in [7, 11) is 4.10. The fraction of sp³-hybridized carbons (Fsp3) is 0.273. The van der Waals surface area contributed by atoms with E-state index < -0.39 is 0 Å². The molecule has 26 heavy (non-hydrogen) atoms. The Morgan fingerprint density at radius 3 is 2.35 bits per heavy atom. The fourth-order valence-electron chi connectivity index (χ4n) is 3.05. The van der Waals surface area contributed by atoms with Crippen LogP contribution in [0.4, 0.5) is 11.6 Å². The van der Waals surface area contributed by atoms with Gasteiger partial charge in [-0.2, -0.15) is 0 Å². The smallest absolute Gasteiger partial charge is 0.220 e. The summed E-state index contributed by atoms with van der Waals surface area (Å²) in [5.41, 5.74) is 14.0. The van der Waals surface area contributed by atoms with Gasteiger partial charge in [0.2, 0.25) is 5.95 Å². The second kappa shape index (κ2) is 7.56. The zero-order valence-corrected chi connectivity index (χ0v) is 16.0. The predicted molar refractivity (Wildman–Crippen MR) is 110 cm³/mol. The lowest BCUT2D eigenvalue weighted by Crippen LogP contribution is -2.08. The number of nitrogens with two attached hydrogens (primary N) is 1. The van der Waals surface area contributed by atoms with Crippen molar-refractivity contribution in [3.63, 3.8) is 0 Å². The molecule has 0 bridgehead atoms. The van der Waals surface area contributed by atoms with E-state index in [1.165, 1.54) is 22.4 Å². The summed E-state index contributed by atoms with van der Waals surface area (Å²) in [5, 5.41) is 0. The summed E-state index contributed by atoms with van der Waals surface area (Å²) in [5.74, 6) is 0.335. The second-order valence-corrected chi connectivity index (χ2v) is 6.91. The van der Waals surface area contributed by atoms with Crippen molar-refractivity contribution in [2.45, 2.75) is 26.7 Å². The molecule has 0 atom stereocenters. The van der Waals surface area contributed by atoms with Crippen LogP contribution in [0.15, 0.2) is 48.5 Å². The van der Waals surface area contributed by atoms with Crippen molar-refractivity contribution >= 4 is 11.6 Å². The Balaban J connectivity index is 1.81. The largest absolute Gasteiger partial charge is 0.378 e. The summed E-state index contributed by atoms with van der Waals surface area (Å²) in [6, 6.07) is 17.0. The normalized spacial score (nSPS) is 10.8. The lowest BCUT2D eigenvalue weighted by atomic mass is 9.99. The molecule has 1 heterocycles. The van der Waals surface area contributed by atoms with Crippen LogP contribution in [0.25, 0.3) is 11.3 Å². The van der Waals surface area contributed by atoms with E-state index in [1.807, 2.05) is 14.1 Å². The van der Waals surface area contributed by atoms with E-state index in [1.54, 1.807) is 0 Å². The number of nitrogens with zero attached hydrogens (tertiary/aromatic N) is 3. The number of nitrogen functional groups attached to an aromatic ring is 1. The number of anilines is 2. The standard InChI is InChI=1S/C22H26N4/c1-15-6-5-7-20(16(15)2)21-14-18(24-22(23)25-21)11-8-17-9-12-19(13-10-17)26(3)4/h5-7,9-10,12-14H,8,11H2,1-4H3,(H2,23,24,25). The Morgan fingerprint density at radius 2 is 1.65 bits per heavy atom. The highest BCUT2D eigenvalue weighted by molar-refractivity contribution is 5.66. The number of aromatic nitrogens is 2. The molecule has 4 nitrogen and oxygen atoms in total. The first-order valence-corrected chi connectivity index (χ1v) is 8.90. The van der Waals surface area contributed by atoms with Gasteiger partial charge in [-0.3, -0.25) is 0 Å². The van der Waals surface area contributed by atoms with Gasteiger partial charge in [0.25, 0.3) is 0 Å². The molecule has 0 radical (unpaired) electrons. The molecule has 0 aliphatic heterocycles. The van der Waals surface area contributed by atoms with Crippen LogP contribution < -0.4 is 10.6 Å². The molecular formula is C22H26N4. The maximum atomic E-state index is 5.98. The third kappa shape index (κ3) is 4.02. The summed E-state index contributed by atoms with van der Waals surface area (Å²) in [6.07, 6.45) is 1.77. The monoisotopic (exact) mass is 346 g/mol. The molecule has 0 unspecified atom stereocenters. The average Bonchev–Trinajstić information content (AvgIpc) is 2.62. The van der Waals surface area contributed by atoms with Crippen molar-refractivity contribution in [1.82, 2.24) is 9.97 Å². The Morgan fingerprint density at radius 1 is 0.923 bits per heavy atom. The molecule has 0 spiro atoms. The molecule has 0 aliphatic carbocycles. The van der Waals surface area contributed by atoms with Gasteiger partial charge in [-0.25, -0.2) is 9.97 Å². The fourth-order valence-corrected chi connectivity index (χ4v) is 3.05. The molecule has 2 N–H and O–H groups in total. The second-order valence-electron chi connectivity index (χ2n) is 6.91. The number of hydrogen-bond donors (Lipinski definition) is 1. The maximum Gasteiger partial charge on any atom is 0.220 e. The van der Waals surface area contributed by atoms with E-state index in [0.717, 1.165) is 29.8 Å². The average molecular weight is 346 g/mol. The molecule has 1 aromatic heterocycles. The van der Waals surface area contributed by atoms with Crippen LogP contribution >= 0.6 is 0 Å². The Hall–Kier alpha value is -2.88. The zero-order valence-electron chi connectivity index (χ0n) is 16.0. The highest BCUT2D eigenvalue weighted by Crippen LogP contribution is 2.25. The van der Waals surface area contributed by atoms with E-state index in [2.05, 4.69) is 77.2 Å². The van der Waals surface area contributed by atoms with Crippen molar-refractivity contribution in [2.75, 3.05) is 24.7 Å². The zero-order chi connectivity index (χ0) is 18.7. The molecule has 3 aromatic rings. The molecule has 4 heteroatoms. The minimum absolute atomic E-state index is 0.335. The summed E-state index contributed by atoms with van der Waals surface area (Å²) in [6.45, 7) is 4.23. The quantitative estimate of drug-likeness (QED) is 0.752. The van der Waals surface area contributed by atoms with Crippen molar-refractivity contribution in [1.29, 1.82) is 0 Å². The molecule has 0 aliphatic rings. The first-order valence-electron chi connectivity index (χ1n) is 8.90. The Labute approximate surface area is 155 Å². The van der Waals surface area contributed by atoms with Crippen LogP contribution in [-0.2, 0) is 12.8 Å². The van der Waals surface area contributed by atoms with Crippen LogP contribution in [0, 0.1) is 13.8 Å². The van der Waals surface area contributed by atoms with Gasteiger partial charge in [0, 0.05) is 31.0 Å². The topological polar surface area (TPSA) is 55.0 Å². The van der Waals surface area contributed by atoms with Crippen LogP contribution in [0.3, 0.4) is 0 Å². The molecular weight excluding hydrogens is 320 g/mol. The van der Waals surface area contributed by atoms with Crippen molar-refractivity contribution < 1.29 is 0 Å². The highest BCUT2D eigenvalue weighted by atomic mass is 15.1. The van der Waals surface area contributed by atoms with Crippen LogP contribution in [0.2, 0.25) is 0 Å². The van der Waals surface area contributed by atoms with E-state index in [0.29, 0.717) is 5.95 Å². The number of rotatable bonds is 5. The SMILES string of the molecule is Cc1cccc(-c2cc(CCc3ccc(N(C)C)cc3)nc(N)n2)c1C. The van der Waals surface area contributed by atoms with Gasteiger partial charge in [-0.1, -0.05) is 30.3 Å². The Kier molecular flexibility index (Phi) is 5.21. The number of hydrogen-bond acceptors (Lipinski definition) is 4. The number of benzene rings is 2. The molecule has 0 saturated heterocycles. The molecule has 3 rings (SSSR count). The minimum Gasteiger partial charge on any atom is -0.378 e. The van der Waals surface area contributed by atoms with Crippen molar-refractivity contribution in [3.8, 4) is 11.3 Å². The van der Waals surface area contributed by atoms with Gasteiger partial charge < -0.3 is 10.6 Å². The first-order chi connectivity index (χ1) is 12.4. The highest BCUT2D eigenvalue weighted by Gasteiger charge is 2.09. The van der Waals surface area contributed by atoms with E-state index in [9.17, 15) is 0 Å². The van der Waals surface area contributed by atoms with Gasteiger partial charge in [-0.05, 0) is 61.6 Å². The van der Waals surface area contributed by atoms with Gasteiger partial charge >= 0.3 is 0 Å². The lowest BCUT2D eigenvalue weighted by molar-refractivity contribution is 0.906. The Bertz CT molecular complexity index is 899. The lowest BCUT2D eigenvalue weighted by Gasteiger charge is -2.13. The van der Waals surface area contributed by atoms with Gasteiger partial charge in [0.1, 0.15) is 0 Å². The third-order valence-corrected chi connectivity index (χ3v) is 4.80. The van der Waals surface area contributed by atoms with Crippen LogP contribution in [-0.4, -0.2) is 24.1 Å². The predicted octanol–water partition coefficient (Wildman–Crippen LogP) is 4.19. The number of aryl methyl sites for hydroxylation is 3. The molecule has 0 amide bonds. The van der Waals surface area contributed by atoms with E-state index >= 15 is 0 Å². The van der Waals surface area contributed by atoms with Crippen molar-refractivity contribution in [2.24, 2.45) is 0 Å². The van der Waals surface area contributed by atoms with E-state index in [-0.39, 0.29) is 0 Å². The third-order valence-electron chi connectivity index (χ3n) is 4.80. The minimum atomic E-state index is 0.335. The molecule has 2 aromatic carbocycles. The van der Waals surface area contributed by atoms with Crippen LogP contribution in [0.1, 0.15) is 22.4 Å². The molecule has 0 saturated carbocycles. The molecule has 134 valence electrons. The van der Waals surface area contributed by atoms with Gasteiger partial charge in [-0.15, -0.1) is 0 Å². The van der Waals surface area contributed by atoms with Gasteiger partial charge in [0.15, 0.2) is 0 Å². The summed E-state index contributed by atoms with van der Waals surface area (Å²) >= 11 is 0. The first kappa shape index (κ1) is 17.9. The van der Waals surface area contributed by atoms with E-state index in [4.69, 9.17) is 5.73 Å².